The van der Waals surface area contributed by atoms with Gasteiger partial charge in [-0.25, -0.2) is 0 Å². The fourth-order valence-corrected chi connectivity index (χ4v) is 3.01. The number of nitrogens with zero attached hydrogens (tertiary/aromatic N) is 1. The summed E-state index contributed by atoms with van der Waals surface area (Å²) in [6.45, 7) is 3.19. The van der Waals surface area contributed by atoms with Crippen LogP contribution in [0.2, 0.25) is 0 Å². The van der Waals surface area contributed by atoms with E-state index in [2.05, 4.69) is 4.57 Å². The molecule has 3 rings (SSSR count). The first-order valence-corrected chi connectivity index (χ1v) is 8.61. The summed E-state index contributed by atoms with van der Waals surface area (Å²) in [7, 11) is 1.63. The van der Waals surface area contributed by atoms with Gasteiger partial charge < -0.3 is 14.0 Å². The topological polar surface area (TPSA) is 40.5 Å². The lowest BCUT2D eigenvalue weighted by atomic mass is 10.1. The van der Waals surface area contributed by atoms with Gasteiger partial charge in [0, 0.05) is 29.1 Å². The Morgan fingerprint density at radius 1 is 1.04 bits per heavy atom. The van der Waals surface area contributed by atoms with Crippen LogP contribution in [0, 0.1) is 0 Å². The third-order valence-corrected chi connectivity index (χ3v) is 4.22. The first-order chi connectivity index (χ1) is 12.2. The molecule has 0 aliphatic rings. The summed E-state index contributed by atoms with van der Waals surface area (Å²) in [5.41, 5.74) is 1.86. The molecule has 130 valence electrons. The number of ketones is 1. The molecule has 0 unspecified atom stereocenters. The summed E-state index contributed by atoms with van der Waals surface area (Å²) in [5.74, 6) is 1.64. The number of ether oxygens (including phenoxy) is 2. The Kier molecular flexibility index (Phi) is 5.39. The van der Waals surface area contributed by atoms with Crippen molar-refractivity contribution < 1.29 is 14.3 Å². The van der Waals surface area contributed by atoms with E-state index in [1.165, 1.54) is 0 Å². The van der Waals surface area contributed by atoms with Gasteiger partial charge in [-0.05, 0) is 24.6 Å². The minimum atomic E-state index is 0.197. The lowest BCUT2D eigenvalue weighted by Crippen LogP contribution is -2.08. The highest BCUT2D eigenvalue weighted by molar-refractivity contribution is 6.08. The monoisotopic (exact) mass is 337 g/mol. The second-order valence-corrected chi connectivity index (χ2v) is 5.93. The molecule has 0 aliphatic carbocycles. The zero-order valence-corrected chi connectivity index (χ0v) is 14.7. The molecule has 1 aromatic heterocycles. The molecule has 4 nitrogen and oxygen atoms in total. The number of rotatable bonds is 8. The van der Waals surface area contributed by atoms with Crippen molar-refractivity contribution in [2.75, 3.05) is 13.7 Å². The minimum absolute atomic E-state index is 0.197. The van der Waals surface area contributed by atoms with Crippen molar-refractivity contribution in [3.8, 4) is 11.5 Å². The van der Waals surface area contributed by atoms with Crippen LogP contribution in [0.25, 0.3) is 10.9 Å². The summed E-state index contributed by atoms with van der Waals surface area (Å²) in [4.78, 5) is 12.4. The molecular weight excluding hydrogens is 314 g/mol. The van der Waals surface area contributed by atoms with E-state index in [0.717, 1.165) is 34.4 Å². The van der Waals surface area contributed by atoms with Crippen LogP contribution in [-0.4, -0.2) is 24.1 Å². The van der Waals surface area contributed by atoms with Crippen LogP contribution < -0.4 is 9.47 Å². The smallest absolute Gasteiger partial charge is 0.165 e. The molecule has 0 N–H and O–H groups in total. The van der Waals surface area contributed by atoms with Gasteiger partial charge in [0.25, 0.3) is 0 Å². The number of carbonyl (C=O) groups excluding carboxylic acids is 1. The predicted octanol–water partition coefficient (Wildman–Crippen LogP) is 4.71. The Morgan fingerprint density at radius 2 is 1.76 bits per heavy atom. The summed E-state index contributed by atoms with van der Waals surface area (Å²) in [6, 6.07) is 15.6. The van der Waals surface area contributed by atoms with Crippen LogP contribution in [-0.2, 0) is 6.54 Å². The number of benzene rings is 2. The van der Waals surface area contributed by atoms with Gasteiger partial charge in [-0.2, -0.15) is 0 Å². The average Bonchev–Trinajstić information content (AvgIpc) is 3.01. The molecule has 0 spiro atoms. The third kappa shape index (κ3) is 3.68. The first kappa shape index (κ1) is 17.1. The molecule has 0 amide bonds. The normalized spacial score (nSPS) is 10.8. The molecule has 2 aromatic carbocycles. The standard InChI is InChI=1S/C21H23NO3/c1-3-8-19(23)17-15-22(18-10-5-4-9-16(17)18)13-14-25-21-12-7-6-11-20(21)24-2/h4-7,9-12,15H,3,8,13-14H2,1-2H3. The fraction of sp³-hybridized carbons (Fsp3) is 0.286. The highest BCUT2D eigenvalue weighted by Gasteiger charge is 2.14. The van der Waals surface area contributed by atoms with E-state index in [9.17, 15) is 4.79 Å². The molecule has 25 heavy (non-hydrogen) atoms. The number of hydrogen-bond donors (Lipinski definition) is 0. The molecular formula is C21H23NO3. The van der Waals surface area contributed by atoms with Crippen molar-refractivity contribution in [1.29, 1.82) is 0 Å². The van der Waals surface area contributed by atoms with Crippen molar-refractivity contribution >= 4 is 16.7 Å². The van der Waals surface area contributed by atoms with E-state index in [-0.39, 0.29) is 5.78 Å². The summed E-state index contributed by atoms with van der Waals surface area (Å²) < 4.78 is 13.3. The zero-order chi connectivity index (χ0) is 17.6. The van der Waals surface area contributed by atoms with Gasteiger partial charge in [0.2, 0.25) is 0 Å². The van der Waals surface area contributed by atoms with Crippen LogP contribution in [0.1, 0.15) is 30.1 Å². The van der Waals surface area contributed by atoms with Crippen molar-refractivity contribution in [1.82, 2.24) is 4.57 Å². The SMILES string of the molecule is CCCC(=O)c1cn(CCOc2ccccc2OC)c2ccccc12. The fourth-order valence-electron chi connectivity index (χ4n) is 3.01. The highest BCUT2D eigenvalue weighted by atomic mass is 16.5. The Bertz CT molecular complexity index is 866. The molecule has 3 aromatic rings. The largest absolute Gasteiger partial charge is 0.493 e. The molecule has 0 saturated carbocycles. The number of methoxy groups -OCH3 is 1. The maximum absolute atomic E-state index is 12.4. The Hall–Kier alpha value is -2.75. The lowest BCUT2D eigenvalue weighted by molar-refractivity contribution is 0.0983. The molecule has 1 heterocycles. The third-order valence-electron chi connectivity index (χ3n) is 4.22. The van der Waals surface area contributed by atoms with E-state index in [4.69, 9.17) is 9.47 Å². The molecule has 0 saturated heterocycles. The van der Waals surface area contributed by atoms with Gasteiger partial charge in [-0.3, -0.25) is 4.79 Å². The Balaban J connectivity index is 1.78. The molecule has 4 heteroatoms. The second-order valence-electron chi connectivity index (χ2n) is 5.93. The maximum Gasteiger partial charge on any atom is 0.165 e. The van der Waals surface area contributed by atoms with E-state index < -0.39 is 0 Å². The van der Waals surface area contributed by atoms with Gasteiger partial charge >= 0.3 is 0 Å². The number of fused-ring (bicyclic) bond motifs is 1. The number of aromatic nitrogens is 1. The number of carbonyl (C=O) groups is 1. The van der Waals surface area contributed by atoms with E-state index >= 15 is 0 Å². The van der Waals surface area contributed by atoms with Gasteiger partial charge in [-0.1, -0.05) is 37.3 Å². The van der Waals surface area contributed by atoms with Gasteiger partial charge in [0.1, 0.15) is 6.61 Å². The molecule has 0 bridgehead atoms. The van der Waals surface area contributed by atoms with Crippen LogP contribution in [0.5, 0.6) is 11.5 Å². The maximum atomic E-state index is 12.4. The van der Waals surface area contributed by atoms with Crippen molar-refractivity contribution in [2.45, 2.75) is 26.3 Å². The summed E-state index contributed by atoms with van der Waals surface area (Å²) >= 11 is 0. The minimum Gasteiger partial charge on any atom is -0.493 e. The quantitative estimate of drug-likeness (QED) is 0.559. The molecule has 0 fully saturated rings. The molecule has 0 aliphatic heterocycles. The second kappa shape index (κ2) is 7.88. The van der Waals surface area contributed by atoms with Crippen LogP contribution >= 0.6 is 0 Å². The van der Waals surface area contributed by atoms with Crippen molar-refractivity contribution in [3.05, 3.63) is 60.3 Å². The number of para-hydroxylation sites is 3. The van der Waals surface area contributed by atoms with Crippen LogP contribution in [0.15, 0.2) is 54.7 Å². The molecule has 0 radical (unpaired) electrons. The van der Waals surface area contributed by atoms with Gasteiger partial charge in [-0.15, -0.1) is 0 Å². The van der Waals surface area contributed by atoms with Gasteiger partial charge in [0.05, 0.1) is 13.7 Å². The zero-order valence-electron chi connectivity index (χ0n) is 14.7. The summed E-state index contributed by atoms with van der Waals surface area (Å²) in [6.07, 6.45) is 3.38. The average molecular weight is 337 g/mol. The van der Waals surface area contributed by atoms with Gasteiger partial charge in [0.15, 0.2) is 17.3 Å². The first-order valence-electron chi connectivity index (χ1n) is 8.61. The van der Waals surface area contributed by atoms with Crippen molar-refractivity contribution in [3.63, 3.8) is 0 Å². The van der Waals surface area contributed by atoms with E-state index in [1.807, 2.05) is 61.7 Å². The highest BCUT2D eigenvalue weighted by Crippen LogP contribution is 2.26. The Morgan fingerprint density at radius 3 is 2.52 bits per heavy atom. The lowest BCUT2D eigenvalue weighted by Gasteiger charge is -2.11. The number of Topliss-reactive ketones (excluding diaryl/α,β-unsaturated/α-hetero) is 1. The van der Waals surface area contributed by atoms with E-state index in [1.54, 1.807) is 7.11 Å². The van der Waals surface area contributed by atoms with Crippen LogP contribution in [0.4, 0.5) is 0 Å². The number of hydrogen-bond acceptors (Lipinski definition) is 3. The Labute approximate surface area is 148 Å². The predicted molar refractivity (Wildman–Crippen MR) is 99.7 cm³/mol. The molecule has 0 atom stereocenters. The van der Waals surface area contributed by atoms with E-state index in [0.29, 0.717) is 19.6 Å². The van der Waals surface area contributed by atoms with Crippen molar-refractivity contribution in [2.24, 2.45) is 0 Å². The van der Waals surface area contributed by atoms with Crippen LogP contribution in [0.3, 0.4) is 0 Å². The summed E-state index contributed by atoms with van der Waals surface area (Å²) in [5, 5.41) is 1.01.